The SMILES string of the molecule is CCCCCCCCCCCCCC(=O)N(C)CC(=O)[O-].CCCCCCCCCCCCOC(C)=O.[Na+]. The van der Waals surface area contributed by atoms with E-state index in [0.717, 1.165) is 19.3 Å². The van der Waals surface area contributed by atoms with E-state index < -0.39 is 5.97 Å². The number of amides is 1. The van der Waals surface area contributed by atoms with Gasteiger partial charge < -0.3 is 19.5 Å². The van der Waals surface area contributed by atoms with Crippen molar-refractivity contribution in [1.82, 2.24) is 4.90 Å². The third-order valence-electron chi connectivity index (χ3n) is 6.59. The summed E-state index contributed by atoms with van der Waals surface area (Å²) in [4.78, 5) is 33.7. The van der Waals surface area contributed by atoms with Crippen LogP contribution in [0.4, 0.5) is 0 Å². The van der Waals surface area contributed by atoms with Crippen molar-refractivity contribution in [3.63, 3.8) is 0 Å². The molecule has 0 saturated carbocycles. The van der Waals surface area contributed by atoms with Gasteiger partial charge >= 0.3 is 35.5 Å². The fourth-order valence-electron chi connectivity index (χ4n) is 4.22. The van der Waals surface area contributed by atoms with Crippen LogP contribution in [0.2, 0.25) is 0 Å². The molecule has 0 aliphatic heterocycles. The normalized spacial score (nSPS) is 10.2. The molecule has 0 fully saturated rings. The maximum Gasteiger partial charge on any atom is 1.00 e. The Labute approximate surface area is 257 Å². The van der Waals surface area contributed by atoms with Gasteiger partial charge in [-0.05, 0) is 12.8 Å². The minimum Gasteiger partial charge on any atom is -0.548 e. The van der Waals surface area contributed by atoms with E-state index in [4.69, 9.17) is 4.74 Å². The van der Waals surface area contributed by atoms with E-state index >= 15 is 0 Å². The fraction of sp³-hybridized carbons (Fsp3) is 0.903. The molecule has 0 aromatic rings. The number of hydrogen-bond donors (Lipinski definition) is 0. The zero-order chi connectivity index (χ0) is 28.0. The Bertz CT molecular complexity index is 530. The van der Waals surface area contributed by atoms with E-state index in [9.17, 15) is 19.5 Å². The Morgan fingerprint density at radius 1 is 0.605 bits per heavy atom. The van der Waals surface area contributed by atoms with Gasteiger partial charge in [0.2, 0.25) is 5.91 Å². The molecule has 0 aliphatic carbocycles. The molecule has 0 N–H and O–H groups in total. The van der Waals surface area contributed by atoms with E-state index in [0.29, 0.717) is 13.0 Å². The molecule has 0 radical (unpaired) electrons. The van der Waals surface area contributed by atoms with Crippen LogP contribution in [0.1, 0.15) is 162 Å². The van der Waals surface area contributed by atoms with Crippen LogP contribution in [-0.4, -0.2) is 42.9 Å². The fourth-order valence-corrected chi connectivity index (χ4v) is 4.22. The number of carbonyl (C=O) groups excluding carboxylic acids is 3. The smallest absolute Gasteiger partial charge is 0.548 e. The summed E-state index contributed by atoms with van der Waals surface area (Å²) in [6.45, 7) is 6.25. The molecular formula is C31H60NNaO5. The summed E-state index contributed by atoms with van der Waals surface area (Å²) in [5.74, 6) is -1.46. The Kier molecular flexibility index (Phi) is 38.0. The third kappa shape index (κ3) is 37.6. The summed E-state index contributed by atoms with van der Waals surface area (Å²) in [6.07, 6.45) is 27.3. The molecule has 0 aliphatic rings. The van der Waals surface area contributed by atoms with Gasteiger partial charge in [-0.15, -0.1) is 0 Å². The Hall–Kier alpha value is -0.590. The predicted octanol–water partition coefficient (Wildman–Crippen LogP) is 4.37. The summed E-state index contributed by atoms with van der Waals surface area (Å²) >= 11 is 0. The van der Waals surface area contributed by atoms with Gasteiger partial charge in [-0.1, -0.05) is 136 Å². The second-order valence-electron chi connectivity index (χ2n) is 10.4. The molecular weight excluding hydrogens is 489 g/mol. The van der Waals surface area contributed by atoms with Gasteiger partial charge in [0.1, 0.15) is 0 Å². The second kappa shape index (κ2) is 34.4. The molecule has 0 unspecified atom stereocenters. The van der Waals surface area contributed by atoms with Crippen LogP contribution in [0.3, 0.4) is 0 Å². The average Bonchev–Trinajstić information content (AvgIpc) is 2.85. The number of unbranched alkanes of at least 4 members (excludes halogenated alkanes) is 19. The van der Waals surface area contributed by atoms with Gasteiger partial charge in [0, 0.05) is 20.4 Å². The maximum atomic E-state index is 11.6. The summed E-state index contributed by atoms with van der Waals surface area (Å²) in [5, 5.41) is 10.4. The van der Waals surface area contributed by atoms with Crippen molar-refractivity contribution in [1.29, 1.82) is 0 Å². The van der Waals surface area contributed by atoms with Gasteiger partial charge in [-0.2, -0.15) is 0 Å². The number of nitrogens with zero attached hydrogens (tertiary/aromatic N) is 1. The van der Waals surface area contributed by atoms with Crippen LogP contribution >= 0.6 is 0 Å². The van der Waals surface area contributed by atoms with Gasteiger partial charge in [-0.3, -0.25) is 9.59 Å². The van der Waals surface area contributed by atoms with Crippen LogP contribution in [0.15, 0.2) is 0 Å². The molecule has 0 heterocycles. The minimum atomic E-state index is -1.20. The molecule has 0 aromatic heterocycles. The minimum absolute atomic E-state index is 0. The summed E-state index contributed by atoms with van der Waals surface area (Å²) in [6, 6.07) is 0. The Balaban J connectivity index is -0.000000650. The van der Waals surface area contributed by atoms with Crippen LogP contribution in [0, 0.1) is 0 Å². The number of esters is 1. The second-order valence-corrected chi connectivity index (χ2v) is 10.4. The van der Waals surface area contributed by atoms with E-state index in [1.165, 1.54) is 134 Å². The quantitative estimate of drug-likeness (QED) is 0.0959. The molecule has 0 saturated heterocycles. The average molecular weight is 550 g/mol. The first kappa shape index (κ1) is 41.9. The molecule has 1 amide bonds. The molecule has 0 atom stereocenters. The van der Waals surface area contributed by atoms with Gasteiger partial charge in [0.25, 0.3) is 0 Å². The summed E-state index contributed by atoms with van der Waals surface area (Å²) in [5.41, 5.74) is 0. The van der Waals surface area contributed by atoms with Crippen molar-refractivity contribution >= 4 is 17.8 Å². The summed E-state index contributed by atoms with van der Waals surface area (Å²) in [7, 11) is 1.51. The van der Waals surface area contributed by atoms with Gasteiger partial charge in [0.05, 0.1) is 19.1 Å². The van der Waals surface area contributed by atoms with Crippen LogP contribution < -0.4 is 34.7 Å². The first-order chi connectivity index (χ1) is 17.8. The van der Waals surface area contributed by atoms with Crippen LogP contribution in [0.25, 0.3) is 0 Å². The maximum absolute atomic E-state index is 11.6. The topological polar surface area (TPSA) is 86.7 Å². The number of hydrogen-bond acceptors (Lipinski definition) is 5. The first-order valence-corrected chi connectivity index (χ1v) is 15.4. The molecule has 0 spiro atoms. The van der Waals surface area contributed by atoms with Crippen molar-refractivity contribution in [2.24, 2.45) is 0 Å². The van der Waals surface area contributed by atoms with Gasteiger partial charge in [-0.25, -0.2) is 0 Å². The van der Waals surface area contributed by atoms with Crippen LogP contribution in [-0.2, 0) is 19.1 Å². The molecule has 0 aromatic carbocycles. The van der Waals surface area contributed by atoms with E-state index in [-0.39, 0.29) is 48.0 Å². The van der Waals surface area contributed by atoms with Gasteiger partial charge in [0.15, 0.2) is 0 Å². The predicted molar refractivity (Wildman–Crippen MR) is 152 cm³/mol. The Morgan fingerprint density at radius 3 is 1.29 bits per heavy atom. The standard InChI is InChI=1S/C17H33NO3.C14H28O2.Na/c1-3-4-5-6-7-8-9-10-11-12-13-14-16(19)18(2)15-17(20)21;1-3-4-5-6-7-8-9-10-11-12-13-16-14(2)15;/h3-15H2,1-2H3,(H,20,21);3-13H2,1-2H3;/q;;+1/p-1. The van der Waals surface area contributed by atoms with E-state index in [1.807, 2.05) is 0 Å². The Morgan fingerprint density at radius 2 is 0.947 bits per heavy atom. The molecule has 7 heteroatoms. The number of likely N-dealkylation sites (N-methyl/N-ethyl adjacent to an activating group) is 1. The largest absolute Gasteiger partial charge is 1.00 e. The molecule has 220 valence electrons. The van der Waals surface area contributed by atoms with E-state index in [2.05, 4.69) is 13.8 Å². The number of carboxylic acids is 1. The van der Waals surface area contributed by atoms with Crippen molar-refractivity contribution in [3.05, 3.63) is 0 Å². The monoisotopic (exact) mass is 549 g/mol. The first-order valence-electron chi connectivity index (χ1n) is 15.4. The van der Waals surface area contributed by atoms with Crippen molar-refractivity contribution < 1.29 is 53.8 Å². The zero-order valence-electron chi connectivity index (χ0n) is 26.0. The molecule has 38 heavy (non-hydrogen) atoms. The third-order valence-corrected chi connectivity index (χ3v) is 6.59. The molecule has 0 bridgehead atoms. The number of carboxylic acid groups (broad SMARTS) is 1. The number of carbonyl (C=O) groups is 3. The number of aliphatic carboxylic acids is 1. The summed E-state index contributed by atoms with van der Waals surface area (Å²) < 4.78 is 4.87. The van der Waals surface area contributed by atoms with Crippen molar-refractivity contribution in [2.75, 3.05) is 20.2 Å². The number of rotatable bonds is 25. The van der Waals surface area contributed by atoms with E-state index in [1.54, 1.807) is 0 Å². The molecule has 0 rings (SSSR count). The molecule has 6 nitrogen and oxygen atoms in total. The zero-order valence-corrected chi connectivity index (χ0v) is 28.0. The van der Waals surface area contributed by atoms with Crippen molar-refractivity contribution in [2.45, 2.75) is 162 Å². The number of ether oxygens (including phenoxy) is 1. The van der Waals surface area contributed by atoms with Crippen LogP contribution in [0.5, 0.6) is 0 Å². The van der Waals surface area contributed by atoms with Crippen molar-refractivity contribution in [3.8, 4) is 0 Å².